The summed E-state index contributed by atoms with van der Waals surface area (Å²) in [5, 5.41) is 10.1. The molecule has 1 saturated heterocycles. The van der Waals surface area contributed by atoms with E-state index < -0.39 is 28.9 Å². The fraction of sp³-hybridized carbons (Fsp3) is 0.609. The van der Waals surface area contributed by atoms with Gasteiger partial charge in [0.1, 0.15) is 23.8 Å². The molecule has 2 bridgehead atoms. The highest BCUT2D eigenvalue weighted by Gasteiger charge is 2.59. The van der Waals surface area contributed by atoms with Gasteiger partial charge in [-0.05, 0) is 43.1 Å². The summed E-state index contributed by atoms with van der Waals surface area (Å²) in [6.45, 7) is 3.50. The number of carbonyl (C=O) groups is 1. The fourth-order valence-corrected chi connectivity index (χ4v) is 5.59. The van der Waals surface area contributed by atoms with Crippen molar-refractivity contribution in [3.8, 4) is 6.01 Å². The molecule has 0 spiro atoms. The summed E-state index contributed by atoms with van der Waals surface area (Å²) in [5.74, 6) is -1.35. The average molecular weight is 447 g/mol. The maximum Gasteiger partial charge on any atom is 0.319 e. The highest BCUT2D eigenvalue weighted by molar-refractivity contribution is 5.90. The number of hydrogen-bond donors (Lipinski definition) is 1. The number of nitrogens with zero attached hydrogens (tertiary/aromatic N) is 3. The Morgan fingerprint density at radius 3 is 2.84 bits per heavy atom. The van der Waals surface area contributed by atoms with Crippen molar-refractivity contribution in [2.75, 3.05) is 38.3 Å². The summed E-state index contributed by atoms with van der Waals surface area (Å²) in [4.78, 5) is 22.7. The normalized spacial score (nSPS) is 31.1. The maximum absolute atomic E-state index is 14.7. The number of esters is 1. The number of aliphatic hydroxyl groups is 1. The van der Waals surface area contributed by atoms with Gasteiger partial charge in [0.05, 0.1) is 19.6 Å². The summed E-state index contributed by atoms with van der Waals surface area (Å²) in [7, 11) is 1.30. The van der Waals surface area contributed by atoms with E-state index in [-0.39, 0.29) is 30.2 Å². The molecule has 2 aliphatic carbocycles. The van der Waals surface area contributed by atoms with Gasteiger partial charge in [-0.1, -0.05) is 6.92 Å². The van der Waals surface area contributed by atoms with Crippen molar-refractivity contribution < 1.29 is 28.2 Å². The van der Waals surface area contributed by atoms with Crippen LogP contribution in [0.4, 0.5) is 14.6 Å². The highest BCUT2D eigenvalue weighted by Crippen LogP contribution is 2.53. The van der Waals surface area contributed by atoms with E-state index in [0.717, 1.165) is 38.4 Å². The molecule has 9 heteroatoms. The van der Waals surface area contributed by atoms with Crippen molar-refractivity contribution in [2.45, 2.75) is 32.6 Å². The number of methoxy groups -OCH3 is 1. The molecule has 4 atom stereocenters. The lowest BCUT2D eigenvalue weighted by atomic mass is 9.84. The number of hydrogen-bond acceptors (Lipinski definition) is 7. The monoisotopic (exact) mass is 447 g/mol. The van der Waals surface area contributed by atoms with E-state index in [1.54, 1.807) is 0 Å². The number of rotatable bonds is 6. The minimum absolute atomic E-state index is 0.00261. The number of ether oxygens (including phenoxy) is 2. The molecule has 172 valence electrons. The maximum atomic E-state index is 14.7. The first-order valence-electron chi connectivity index (χ1n) is 11.0. The lowest BCUT2D eigenvalue weighted by molar-refractivity contribution is -0.143. The second-order valence-corrected chi connectivity index (χ2v) is 10.0. The molecule has 3 fully saturated rings. The van der Waals surface area contributed by atoms with Crippen molar-refractivity contribution in [1.82, 2.24) is 9.97 Å². The molecule has 1 aromatic carbocycles. The minimum atomic E-state index is -0.782. The Balaban J connectivity index is 1.49. The van der Waals surface area contributed by atoms with Gasteiger partial charge >= 0.3 is 12.0 Å². The summed E-state index contributed by atoms with van der Waals surface area (Å²) in [6.07, 6.45) is 3.84. The lowest BCUT2D eigenvalue weighted by Crippen LogP contribution is -2.42. The van der Waals surface area contributed by atoms with Gasteiger partial charge in [0.25, 0.3) is 0 Å². The molecule has 7 nitrogen and oxygen atoms in total. The Morgan fingerprint density at radius 1 is 1.31 bits per heavy atom. The van der Waals surface area contributed by atoms with Gasteiger partial charge in [-0.25, -0.2) is 8.78 Å². The van der Waals surface area contributed by atoms with Crippen LogP contribution in [0.2, 0.25) is 0 Å². The van der Waals surface area contributed by atoms with E-state index in [0.29, 0.717) is 23.5 Å². The van der Waals surface area contributed by atoms with E-state index in [1.165, 1.54) is 13.2 Å². The van der Waals surface area contributed by atoms with E-state index >= 15 is 0 Å². The van der Waals surface area contributed by atoms with Crippen molar-refractivity contribution >= 4 is 22.7 Å². The van der Waals surface area contributed by atoms with Crippen molar-refractivity contribution in [1.29, 1.82) is 0 Å². The van der Waals surface area contributed by atoms with Crippen LogP contribution in [-0.4, -0.2) is 54.5 Å². The van der Waals surface area contributed by atoms with E-state index in [9.17, 15) is 18.7 Å². The second kappa shape index (κ2) is 7.50. The fourth-order valence-electron chi connectivity index (χ4n) is 5.59. The second-order valence-electron chi connectivity index (χ2n) is 10.0. The first-order chi connectivity index (χ1) is 15.3. The zero-order chi connectivity index (χ0) is 22.7. The van der Waals surface area contributed by atoms with Crippen molar-refractivity contribution in [2.24, 2.45) is 22.7 Å². The number of carbonyl (C=O) groups excluding carboxylic acids is 1. The molecular formula is C23H27F2N3O4. The van der Waals surface area contributed by atoms with Crippen LogP contribution in [0.25, 0.3) is 10.9 Å². The van der Waals surface area contributed by atoms with E-state index in [4.69, 9.17) is 9.47 Å². The molecule has 32 heavy (non-hydrogen) atoms. The van der Waals surface area contributed by atoms with E-state index in [1.807, 2.05) is 0 Å². The van der Waals surface area contributed by atoms with Gasteiger partial charge in [0.2, 0.25) is 0 Å². The van der Waals surface area contributed by atoms with Crippen LogP contribution >= 0.6 is 0 Å². The van der Waals surface area contributed by atoms with Gasteiger partial charge in [-0.2, -0.15) is 9.97 Å². The standard InChI is InChI=1S/C23H27F2N3O4/c1-22-4-3-13(7-22)9-28(10-22)19-15-5-14(24)6-17(25)18(15)26-21(27-19)32-12-23(11-29)8-16(23)20(30)31-2/h5-6,13,16,29H,3-4,7-12H2,1-2H3/t13-,16?,22-,23?/m0/s1. The largest absolute Gasteiger partial charge is 0.469 e. The Bertz CT molecular complexity index is 1080. The van der Waals surface area contributed by atoms with Crippen LogP contribution in [-0.2, 0) is 9.53 Å². The molecule has 2 unspecified atom stereocenters. The van der Waals surface area contributed by atoms with Crippen LogP contribution in [0.3, 0.4) is 0 Å². The Kier molecular flexibility index (Phi) is 5.00. The summed E-state index contributed by atoms with van der Waals surface area (Å²) in [5.41, 5.74) is -0.617. The number of halogens is 2. The Labute approximate surface area is 184 Å². The molecule has 0 radical (unpaired) electrons. The summed E-state index contributed by atoms with van der Waals surface area (Å²) in [6, 6.07) is 2.01. The number of aromatic nitrogens is 2. The van der Waals surface area contributed by atoms with Crippen LogP contribution < -0.4 is 9.64 Å². The van der Waals surface area contributed by atoms with Gasteiger partial charge in [0, 0.05) is 30.0 Å². The number of piperidine rings is 1. The number of aliphatic hydroxyl groups excluding tert-OH is 1. The number of benzene rings is 1. The quantitative estimate of drug-likeness (QED) is 0.681. The first-order valence-corrected chi connectivity index (χ1v) is 11.0. The van der Waals surface area contributed by atoms with Gasteiger partial charge in [0.15, 0.2) is 5.82 Å². The summed E-state index contributed by atoms with van der Waals surface area (Å²) >= 11 is 0. The van der Waals surface area contributed by atoms with Crippen LogP contribution in [0.15, 0.2) is 12.1 Å². The van der Waals surface area contributed by atoms with Crippen molar-refractivity contribution in [3.05, 3.63) is 23.8 Å². The molecule has 5 rings (SSSR count). The van der Waals surface area contributed by atoms with Crippen LogP contribution in [0, 0.1) is 34.3 Å². The van der Waals surface area contributed by atoms with Crippen LogP contribution in [0.1, 0.15) is 32.6 Å². The minimum Gasteiger partial charge on any atom is -0.469 e. The molecule has 1 aliphatic heterocycles. The Hall–Kier alpha value is -2.55. The molecule has 2 heterocycles. The topological polar surface area (TPSA) is 84.8 Å². The third-order valence-corrected chi connectivity index (χ3v) is 7.45. The molecule has 2 saturated carbocycles. The zero-order valence-electron chi connectivity index (χ0n) is 18.2. The summed E-state index contributed by atoms with van der Waals surface area (Å²) < 4.78 is 39.3. The number of fused-ring (bicyclic) bond motifs is 3. The average Bonchev–Trinajstić information content (AvgIpc) is 3.43. The molecule has 1 aromatic heterocycles. The van der Waals surface area contributed by atoms with Gasteiger partial charge < -0.3 is 19.5 Å². The van der Waals surface area contributed by atoms with Gasteiger partial charge in [-0.15, -0.1) is 0 Å². The Morgan fingerprint density at radius 2 is 2.12 bits per heavy atom. The molecule has 3 aliphatic rings. The highest BCUT2D eigenvalue weighted by atomic mass is 19.1. The smallest absolute Gasteiger partial charge is 0.319 e. The number of anilines is 1. The zero-order valence-corrected chi connectivity index (χ0v) is 18.2. The van der Waals surface area contributed by atoms with Crippen molar-refractivity contribution in [3.63, 3.8) is 0 Å². The first kappa shape index (κ1) is 21.3. The van der Waals surface area contributed by atoms with Gasteiger partial charge in [-0.3, -0.25) is 4.79 Å². The SMILES string of the molecule is COC(=O)C1CC1(CO)COc1nc(N2C[C@H]3CC[C@@](C)(C3)C2)c2cc(F)cc(F)c2n1. The molecular weight excluding hydrogens is 420 g/mol. The van der Waals surface area contributed by atoms with Crippen LogP contribution in [0.5, 0.6) is 6.01 Å². The molecule has 1 N–H and O–H groups in total. The lowest BCUT2D eigenvalue weighted by Gasteiger charge is -2.39. The third kappa shape index (κ3) is 3.56. The molecule has 0 amide bonds. The molecule has 2 aromatic rings. The predicted octanol–water partition coefficient (Wildman–Crippen LogP) is 3.08. The predicted molar refractivity (Wildman–Crippen MR) is 112 cm³/mol. The third-order valence-electron chi connectivity index (χ3n) is 7.45. The van der Waals surface area contributed by atoms with E-state index in [2.05, 4.69) is 21.8 Å².